The number of amides is 2. The summed E-state index contributed by atoms with van der Waals surface area (Å²) in [5, 5.41) is 15.3. The summed E-state index contributed by atoms with van der Waals surface area (Å²) < 4.78 is 0. The standard InChI is InChI=1S/C17H23N3O3/c21-14-10-15(18-11-14)16(22)19-13-6-4-5-12(9-13)17(23)20-7-2-1-3-8-20/h4-6,9,14-15,18,21H,1-3,7-8,10-11H2,(H,19,22). The van der Waals surface area contributed by atoms with E-state index in [1.165, 1.54) is 6.42 Å². The number of anilines is 1. The van der Waals surface area contributed by atoms with Crippen molar-refractivity contribution in [2.24, 2.45) is 0 Å². The van der Waals surface area contributed by atoms with Gasteiger partial charge < -0.3 is 20.6 Å². The number of carbonyl (C=O) groups is 2. The predicted molar refractivity (Wildman–Crippen MR) is 87.2 cm³/mol. The maximum absolute atomic E-state index is 12.5. The molecule has 124 valence electrons. The van der Waals surface area contributed by atoms with Crippen molar-refractivity contribution in [3.8, 4) is 0 Å². The second-order valence-corrected chi connectivity index (χ2v) is 6.27. The molecule has 6 nitrogen and oxygen atoms in total. The largest absolute Gasteiger partial charge is 0.392 e. The molecule has 3 N–H and O–H groups in total. The number of likely N-dealkylation sites (tertiary alicyclic amines) is 1. The molecule has 0 spiro atoms. The van der Waals surface area contributed by atoms with Gasteiger partial charge in [-0.3, -0.25) is 9.59 Å². The first-order valence-electron chi connectivity index (χ1n) is 8.25. The maximum Gasteiger partial charge on any atom is 0.253 e. The van der Waals surface area contributed by atoms with Crippen molar-refractivity contribution in [3.63, 3.8) is 0 Å². The minimum Gasteiger partial charge on any atom is -0.392 e. The van der Waals surface area contributed by atoms with E-state index in [1.807, 2.05) is 4.90 Å². The van der Waals surface area contributed by atoms with E-state index in [1.54, 1.807) is 24.3 Å². The van der Waals surface area contributed by atoms with Crippen molar-refractivity contribution < 1.29 is 14.7 Å². The van der Waals surface area contributed by atoms with Gasteiger partial charge in [-0.1, -0.05) is 6.07 Å². The minimum atomic E-state index is -0.474. The third kappa shape index (κ3) is 3.89. The maximum atomic E-state index is 12.5. The lowest BCUT2D eigenvalue weighted by Gasteiger charge is -2.26. The van der Waals surface area contributed by atoms with E-state index < -0.39 is 6.10 Å². The Kier molecular flexibility index (Phi) is 4.93. The van der Waals surface area contributed by atoms with Gasteiger partial charge in [0.25, 0.3) is 5.91 Å². The van der Waals surface area contributed by atoms with Crippen LogP contribution in [-0.4, -0.2) is 53.6 Å². The quantitative estimate of drug-likeness (QED) is 0.776. The summed E-state index contributed by atoms with van der Waals surface area (Å²) in [5.41, 5.74) is 1.21. The van der Waals surface area contributed by atoms with Gasteiger partial charge >= 0.3 is 0 Å². The Morgan fingerprint density at radius 3 is 2.70 bits per heavy atom. The van der Waals surface area contributed by atoms with E-state index in [-0.39, 0.29) is 17.9 Å². The molecule has 0 aromatic heterocycles. The monoisotopic (exact) mass is 317 g/mol. The molecule has 2 saturated heterocycles. The molecule has 2 amide bonds. The predicted octanol–water partition coefficient (Wildman–Crippen LogP) is 0.974. The molecule has 0 aliphatic carbocycles. The summed E-state index contributed by atoms with van der Waals surface area (Å²) in [4.78, 5) is 26.5. The van der Waals surface area contributed by atoms with Crippen LogP contribution in [0.4, 0.5) is 5.69 Å². The molecule has 1 aromatic rings. The number of benzene rings is 1. The Hall–Kier alpha value is -1.92. The average Bonchev–Trinajstić information content (AvgIpc) is 3.02. The third-order valence-corrected chi connectivity index (χ3v) is 4.44. The second-order valence-electron chi connectivity index (χ2n) is 6.27. The molecule has 2 atom stereocenters. The fourth-order valence-electron chi connectivity index (χ4n) is 3.16. The van der Waals surface area contributed by atoms with Crippen molar-refractivity contribution >= 4 is 17.5 Å². The van der Waals surface area contributed by atoms with Gasteiger partial charge in [-0.2, -0.15) is 0 Å². The highest BCUT2D eigenvalue weighted by Gasteiger charge is 2.28. The van der Waals surface area contributed by atoms with Crippen LogP contribution in [0.5, 0.6) is 0 Å². The third-order valence-electron chi connectivity index (χ3n) is 4.44. The molecule has 2 fully saturated rings. The number of nitrogens with zero attached hydrogens (tertiary/aromatic N) is 1. The summed E-state index contributed by atoms with van der Waals surface area (Å²) in [7, 11) is 0. The Labute approximate surface area is 135 Å². The van der Waals surface area contributed by atoms with Gasteiger partial charge in [0.05, 0.1) is 12.1 Å². The summed E-state index contributed by atoms with van der Waals surface area (Å²) in [6.07, 6.45) is 3.23. The highest BCUT2D eigenvalue weighted by Crippen LogP contribution is 2.17. The van der Waals surface area contributed by atoms with Crippen molar-refractivity contribution in [1.82, 2.24) is 10.2 Å². The number of β-amino-alcohol motifs (C(OH)–C–C–N with tert-alkyl or cyclic N) is 1. The SMILES string of the molecule is O=C(Nc1cccc(C(=O)N2CCCCC2)c1)C1CC(O)CN1. The number of nitrogens with one attached hydrogen (secondary N) is 2. The van der Waals surface area contributed by atoms with Crippen LogP contribution in [0.1, 0.15) is 36.0 Å². The van der Waals surface area contributed by atoms with E-state index in [9.17, 15) is 14.7 Å². The van der Waals surface area contributed by atoms with Gasteiger partial charge in [0.1, 0.15) is 0 Å². The Morgan fingerprint density at radius 1 is 1.22 bits per heavy atom. The van der Waals surface area contributed by atoms with Crippen LogP contribution >= 0.6 is 0 Å². The number of piperidine rings is 1. The highest BCUT2D eigenvalue weighted by molar-refractivity contribution is 5.98. The number of aliphatic hydroxyl groups excluding tert-OH is 1. The highest BCUT2D eigenvalue weighted by atomic mass is 16.3. The molecule has 6 heteroatoms. The van der Waals surface area contributed by atoms with Crippen LogP contribution in [-0.2, 0) is 4.79 Å². The van der Waals surface area contributed by atoms with Crippen LogP contribution in [0.25, 0.3) is 0 Å². The van der Waals surface area contributed by atoms with Crippen molar-refractivity contribution in [2.45, 2.75) is 37.8 Å². The van der Waals surface area contributed by atoms with E-state index in [2.05, 4.69) is 10.6 Å². The zero-order valence-corrected chi connectivity index (χ0v) is 13.1. The normalized spacial score (nSPS) is 24.5. The van der Waals surface area contributed by atoms with E-state index >= 15 is 0 Å². The zero-order valence-electron chi connectivity index (χ0n) is 13.1. The molecule has 23 heavy (non-hydrogen) atoms. The minimum absolute atomic E-state index is 0.0233. The molecule has 2 heterocycles. The summed E-state index contributed by atoms with van der Waals surface area (Å²) >= 11 is 0. The fourth-order valence-corrected chi connectivity index (χ4v) is 3.16. The van der Waals surface area contributed by atoms with E-state index in [4.69, 9.17) is 0 Å². The number of aliphatic hydroxyl groups is 1. The van der Waals surface area contributed by atoms with Gasteiger partial charge in [0, 0.05) is 30.9 Å². The van der Waals surface area contributed by atoms with Gasteiger partial charge in [0.15, 0.2) is 0 Å². The summed E-state index contributed by atoms with van der Waals surface area (Å²) in [6, 6.07) is 6.68. The molecule has 0 bridgehead atoms. The molecule has 0 saturated carbocycles. The number of hydrogen-bond donors (Lipinski definition) is 3. The lowest BCUT2D eigenvalue weighted by molar-refractivity contribution is -0.117. The second kappa shape index (κ2) is 7.10. The van der Waals surface area contributed by atoms with Crippen LogP contribution < -0.4 is 10.6 Å². The topological polar surface area (TPSA) is 81.7 Å². The van der Waals surface area contributed by atoms with Gasteiger partial charge in [0.2, 0.25) is 5.91 Å². The van der Waals surface area contributed by atoms with Crippen LogP contribution in [0, 0.1) is 0 Å². The molecule has 2 aliphatic heterocycles. The molecule has 2 unspecified atom stereocenters. The lowest BCUT2D eigenvalue weighted by Crippen LogP contribution is -2.36. The van der Waals surface area contributed by atoms with Crippen LogP contribution in [0.15, 0.2) is 24.3 Å². The molecule has 3 rings (SSSR count). The smallest absolute Gasteiger partial charge is 0.253 e. The number of rotatable bonds is 3. The van der Waals surface area contributed by atoms with Crippen molar-refractivity contribution in [1.29, 1.82) is 0 Å². The Bertz CT molecular complexity index is 584. The van der Waals surface area contributed by atoms with Crippen LogP contribution in [0.2, 0.25) is 0 Å². The first-order valence-corrected chi connectivity index (χ1v) is 8.25. The van der Waals surface area contributed by atoms with E-state index in [0.717, 1.165) is 25.9 Å². The van der Waals surface area contributed by atoms with Gasteiger partial charge in [-0.05, 0) is 43.9 Å². The molecule has 2 aliphatic rings. The van der Waals surface area contributed by atoms with Crippen molar-refractivity contribution in [3.05, 3.63) is 29.8 Å². The summed E-state index contributed by atoms with van der Waals surface area (Å²) in [5.74, 6) is -0.153. The summed E-state index contributed by atoms with van der Waals surface area (Å²) in [6.45, 7) is 2.05. The fraction of sp³-hybridized carbons (Fsp3) is 0.529. The lowest BCUT2D eigenvalue weighted by atomic mass is 10.1. The van der Waals surface area contributed by atoms with Crippen LogP contribution in [0.3, 0.4) is 0 Å². The zero-order chi connectivity index (χ0) is 16.2. The van der Waals surface area contributed by atoms with Gasteiger partial charge in [-0.25, -0.2) is 0 Å². The average molecular weight is 317 g/mol. The molecular weight excluding hydrogens is 294 g/mol. The molecule has 1 aromatic carbocycles. The number of hydrogen-bond acceptors (Lipinski definition) is 4. The first kappa shape index (κ1) is 16.0. The Balaban J connectivity index is 1.65. The van der Waals surface area contributed by atoms with E-state index in [0.29, 0.717) is 24.2 Å². The van der Waals surface area contributed by atoms with Gasteiger partial charge in [-0.15, -0.1) is 0 Å². The molecule has 0 radical (unpaired) electrons. The first-order chi connectivity index (χ1) is 11.1. The molecular formula is C17H23N3O3. The van der Waals surface area contributed by atoms with Crippen molar-refractivity contribution in [2.75, 3.05) is 25.0 Å². The Morgan fingerprint density at radius 2 is 2.00 bits per heavy atom. The number of carbonyl (C=O) groups excluding carboxylic acids is 2.